The molecule has 0 N–H and O–H groups in total. The van der Waals surface area contributed by atoms with Crippen molar-refractivity contribution in [1.82, 2.24) is 9.88 Å². The number of aromatic nitrogens is 1. The maximum absolute atomic E-state index is 4.36. The fourth-order valence-electron chi connectivity index (χ4n) is 1.37. The molecule has 0 aliphatic carbocycles. The Kier molecular flexibility index (Phi) is 4.55. The van der Waals surface area contributed by atoms with Crippen molar-refractivity contribution in [3.05, 3.63) is 28.5 Å². The van der Waals surface area contributed by atoms with Crippen LogP contribution < -0.4 is 0 Å². The maximum Gasteiger partial charge on any atom is 0.0544 e. The van der Waals surface area contributed by atoms with E-state index in [1.807, 2.05) is 12.3 Å². The minimum Gasteiger partial charge on any atom is -0.295 e. The first-order valence-electron chi connectivity index (χ1n) is 4.98. The third-order valence-electron chi connectivity index (χ3n) is 2.29. The third-order valence-corrected chi connectivity index (χ3v) is 2.76. The SMILES string of the molecule is CCN(Cc1ccc(Br)cn1)C(C)C. The molecule has 0 radical (unpaired) electrons. The summed E-state index contributed by atoms with van der Waals surface area (Å²) in [7, 11) is 0. The first kappa shape index (κ1) is 11.7. The molecule has 0 fully saturated rings. The van der Waals surface area contributed by atoms with Gasteiger partial charge in [-0.2, -0.15) is 0 Å². The molecule has 0 spiro atoms. The average molecular weight is 257 g/mol. The summed E-state index contributed by atoms with van der Waals surface area (Å²) in [4.78, 5) is 6.75. The van der Waals surface area contributed by atoms with Crippen LogP contribution in [0.1, 0.15) is 26.5 Å². The number of rotatable bonds is 4. The monoisotopic (exact) mass is 256 g/mol. The smallest absolute Gasteiger partial charge is 0.0544 e. The Morgan fingerprint density at radius 1 is 1.43 bits per heavy atom. The summed E-state index contributed by atoms with van der Waals surface area (Å²) in [5, 5.41) is 0. The van der Waals surface area contributed by atoms with Crippen LogP contribution in [-0.2, 0) is 6.54 Å². The van der Waals surface area contributed by atoms with Gasteiger partial charge in [-0.15, -0.1) is 0 Å². The fraction of sp³-hybridized carbons (Fsp3) is 0.545. The van der Waals surface area contributed by atoms with Gasteiger partial charge in [0.05, 0.1) is 5.69 Å². The molecule has 78 valence electrons. The van der Waals surface area contributed by atoms with Gasteiger partial charge in [0.25, 0.3) is 0 Å². The molecule has 0 amide bonds. The molecule has 0 aliphatic heterocycles. The molecule has 14 heavy (non-hydrogen) atoms. The number of nitrogens with zero attached hydrogens (tertiary/aromatic N) is 2. The number of hydrogen-bond acceptors (Lipinski definition) is 2. The van der Waals surface area contributed by atoms with Crippen molar-refractivity contribution >= 4 is 15.9 Å². The lowest BCUT2D eigenvalue weighted by Crippen LogP contribution is -2.30. The minimum absolute atomic E-state index is 0.574. The van der Waals surface area contributed by atoms with Crippen molar-refractivity contribution in [2.24, 2.45) is 0 Å². The topological polar surface area (TPSA) is 16.1 Å². The Morgan fingerprint density at radius 3 is 2.57 bits per heavy atom. The van der Waals surface area contributed by atoms with E-state index in [0.717, 1.165) is 23.3 Å². The zero-order valence-corrected chi connectivity index (χ0v) is 10.6. The summed E-state index contributed by atoms with van der Waals surface area (Å²) in [6, 6.07) is 4.68. The van der Waals surface area contributed by atoms with E-state index < -0.39 is 0 Å². The Balaban J connectivity index is 2.63. The summed E-state index contributed by atoms with van der Waals surface area (Å²) in [5.74, 6) is 0. The van der Waals surface area contributed by atoms with Gasteiger partial charge in [-0.05, 0) is 48.5 Å². The van der Waals surface area contributed by atoms with Gasteiger partial charge in [0, 0.05) is 23.3 Å². The standard InChI is InChI=1S/C11H17BrN2/c1-4-14(9(2)3)8-11-6-5-10(12)7-13-11/h5-7,9H,4,8H2,1-3H3. The van der Waals surface area contributed by atoms with E-state index >= 15 is 0 Å². The van der Waals surface area contributed by atoms with Crippen LogP contribution in [-0.4, -0.2) is 22.5 Å². The lowest BCUT2D eigenvalue weighted by atomic mass is 10.2. The summed E-state index contributed by atoms with van der Waals surface area (Å²) in [5.41, 5.74) is 1.13. The average Bonchev–Trinajstić information content (AvgIpc) is 2.16. The van der Waals surface area contributed by atoms with Gasteiger partial charge in [0.2, 0.25) is 0 Å². The summed E-state index contributed by atoms with van der Waals surface area (Å²) in [6.07, 6.45) is 1.85. The second-order valence-corrected chi connectivity index (χ2v) is 4.54. The zero-order chi connectivity index (χ0) is 10.6. The predicted octanol–water partition coefficient (Wildman–Crippen LogP) is 3.07. The first-order chi connectivity index (χ1) is 6.63. The van der Waals surface area contributed by atoms with Crippen molar-refractivity contribution in [2.45, 2.75) is 33.4 Å². The van der Waals surface area contributed by atoms with Crippen LogP contribution in [0.15, 0.2) is 22.8 Å². The van der Waals surface area contributed by atoms with Crippen LogP contribution >= 0.6 is 15.9 Å². The van der Waals surface area contributed by atoms with E-state index in [1.54, 1.807) is 0 Å². The van der Waals surface area contributed by atoms with Crippen molar-refractivity contribution in [3.63, 3.8) is 0 Å². The Labute approximate surface area is 94.5 Å². The highest BCUT2D eigenvalue weighted by Gasteiger charge is 2.07. The Morgan fingerprint density at radius 2 is 2.14 bits per heavy atom. The third kappa shape index (κ3) is 3.39. The Bertz CT molecular complexity index is 269. The van der Waals surface area contributed by atoms with E-state index in [9.17, 15) is 0 Å². The highest BCUT2D eigenvalue weighted by atomic mass is 79.9. The number of pyridine rings is 1. The lowest BCUT2D eigenvalue weighted by Gasteiger charge is -2.24. The number of halogens is 1. The van der Waals surface area contributed by atoms with E-state index in [2.05, 4.69) is 52.7 Å². The molecule has 0 aliphatic rings. The molecule has 1 rings (SSSR count). The van der Waals surface area contributed by atoms with Gasteiger partial charge in [-0.1, -0.05) is 6.92 Å². The zero-order valence-electron chi connectivity index (χ0n) is 9.00. The van der Waals surface area contributed by atoms with Crippen LogP contribution in [0.5, 0.6) is 0 Å². The van der Waals surface area contributed by atoms with Crippen LogP contribution in [0, 0.1) is 0 Å². The predicted molar refractivity (Wildman–Crippen MR) is 63.2 cm³/mol. The molecule has 3 heteroatoms. The van der Waals surface area contributed by atoms with E-state index in [1.165, 1.54) is 0 Å². The van der Waals surface area contributed by atoms with E-state index in [-0.39, 0.29) is 0 Å². The van der Waals surface area contributed by atoms with E-state index in [0.29, 0.717) is 6.04 Å². The molecular weight excluding hydrogens is 240 g/mol. The molecule has 1 aromatic heterocycles. The highest BCUT2D eigenvalue weighted by molar-refractivity contribution is 9.10. The van der Waals surface area contributed by atoms with Crippen LogP contribution in [0.2, 0.25) is 0 Å². The van der Waals surface area contributed by atoms with Gasteiger partial charge in [0.15, 0.2) is 0 Å². The molecule has 0 bridgehead atoms. The first-order valence-corrected chi connectivity index (χ1v) is 5.77. The molecule has 0 aromatic carbocycles. The van der Waals surface area contributed by atoms with Crippen molar-refractivity contribution in [2.75, 3.05) is 6.54 Å². The lowest BCUT2D eigenvalue weighted by molar-refractivity contribution is 0.222. The van der Waals surface area contributed by atoms with Crippen molar-refractivity contribution in [1.29, 1.82) is 0 Å². The Hall–Kier alpha value is -0.410. The summed E-state index contributed by atoms with van der Waals surface area (Å²) in [6.45, 7) is 8.60. The summed E-state index contributed by atoms with van der Waals surface area (Å²) < 4.78 is 1.04. The largest absolute Gasteiger partial charge is 0.295 e. The minimum atomic E-state index is 0.574. The molecule has 0 saturated heterocycles. The molecular formula is C11H17BrN2. The van der Waals surface area contributed by atoms with Gasteiger partial charge >= 0.3 is 0 Å². The molecule has 0 atom stereocenters. The molecule has 1 aromatic rings. The second-order valence-electron chi connectivity index (χ2n) is 3.62. The molecule has 1 heterocycles. The van der Waals surface area contributed by atoms with Gasteiger partial charge < -0.3 is 0 Å². The molecule has 2 nitrogen and oxygen atoms in total. The van der Waals surface area contributed by atoms with Crippen LogP contribution in [0.4, 0.5) is 0 Å². The summed E-state index contributed by atoms with van der Waals surface area (Å²) >= 11 is 3.38. The van der Waals surface area contributed by atoms with Crippen LogP contribution in [0.25, 0.3) is 0 Å². The van der Waals surface area contributed by atoms with Gasteiger partial charge in [0.1, 0.15) is 0 Å². The van der Waals surface area contributed by atoms with Gasteiger partial charge in [-0.3, -0.25) is 9.88 Å². The van der Waals surface area contributed by atoms with Crippen molar-refractivity contribution in [3.8, 4) is 0 Å². The molecule has 0 saturated carbocycles. The molecule has 0 unspecified atom stereocenters. The van der Waals surface area contributed by atoms with Crippen molar-refractivity contribution < 1.29 is 0 Å². The number of hydrogen-bond donors (Lipinski definition) is 0. The van der Waals surface area contributed by atoms with Gasteiger partial charge in [-0.25, -0.2) is 0 Å². The van der Waals surface area contributed by atoms with E-state index in [4.69, 9.17) is 0 Å². The highest BCUT2D eigenvalue weighted by Crippen LogP contribution is 2.10. The quantitative estimate of drug-likeness (QED) is 0.824. The van der Waals surface area contributed by atoms with Crippen LogP contribution in [0.3, 0.4) is 0 Å². The normalized spacial score (nSPS) is 11.3. The fourth-order valence-corrected chi connectivity index (χ4v) is 1.60. The second kappa shape index (κ2) is 5.47. The maximum atomic E-state index is 4.36.